The molecule has 3 aromatic heterocycles. The molecule has 0 saturated carbocycles. The number of amides is 1. The molecule has 0 unspecified atom stereocenters. The van der Waals surface area contributed by atoms with Crippen LogP contribution in [0.5, 0.6) is 0 Å². The van der Waals surface area contributed by atoms with Gasteiger partial charge in [0.15, 0.2) is 5.82 Å². The molecule has 0 aliphatic carbocycles. The molecule has 1 saturated heterocycles. The molecule has 0 radical (unpaired) electrons. The van der Waals surface area contributed by atoms with Gasteiger partial charge < -0.3 is 14.2 Å². The van der Waals surface area contributed by atoms with Crippen molar-refractivity contribution in [1.82, 2.24) is 20.1 Å². The molecule has 0 N–H and O–H groups in total. The maximum absolute atomic E-state index is 12.3. The second-order valence-electron chi connectivity index (χ2n) is 6.18. The quantitative estimate of drug-likeness (QED) is 0.665. The summed E-state index contributed by atoms with van der Waals surface area (Å²) in [7, 11) is 0. The van der Waals surface area contributed by atoms with E-state index in [1.54, 1.807) is 36.9 Å². The Balaban J connectivity index is 1.34. The van der Waals surface area contributed by atoms with Crippen LogP contribution in [-0.2, 0) is 4.79 Å². The molecule has 1 aliphatic heterocycles. The molecular formula is C20H19N5O2. The van der Waals surface area contributed by atoms with E-state index in [2.05, 4.69) is 20.1 Å². The van der Waals surface area contributed by atoms with Crippen LogP contribution in [0.1, 0.15) is 5.76 Å². The lowest BCUT2D eigenvalue weighted by atomic mass is 10.2. The number of hydrogen-bond acceptors (Lipinski definition) is 6. The number of furan rings is 1. The highest BCUT2D eigenvalue weighted by atomic mass is 16.3. The van der Waals surface area contributed by atoms with E-state index in [1.807, 2.05) is 35.2 Å². The van der Waals surface area contributed by atoms with Crippen molar-refractivity contribution in [2.24, 2.45) is 0 Å². The zero-order valence-electron chi connectivity index (χ0n) is 14.7. The fraction of sp³-hybridized carbons (Fsp3) is 0.200. The van der Waals surface area contributed by atoms with Gasteiger partial charge in [-0.2, -0.15) is 0 Å². The van der Waals surface area contributed by atoms with E-state index >= 15 is 0 Å². The molecule has 7 nitrogen and oxygen atoms in total. The Bertz CT molecular complexity index is 899. The highest BCUT2D eigenvalue weighted by Crippen LogP contribution is 2.18. The molecule has 0 bridgehead atoms. The van der Waals surface area contributed by atoms with Crippen molar-refractivity contribution in [3.05, 3.63) is 66.9 Å². The Morgan fingerprint density at radius 1 is 1.04 bits per heavy atom. The third-order valence-corrected chi connectivity index (χ3v) is 4.46. The minimum Gasteiger partial charge on any atom is -0.465 e. The fourth-order valence-corrected chi connectivity index (χ4v) is 2.96. The fourth-order valence-electron chi connectivity index (χ4n) is 2.96. The van der Waals surface area contributed by atoms with Gasteiger partial charge in [0, 0.05) is 50.2 Å². The van der Waals surface area contributed by atoms with Crippen LogP contribution in [0.25, 0.3) is 17.3 Å². The predicted octanol–water partition coefficient (Wildman–Crippen LogP) is 2.49. The summed E-state index contributed by atoms with van der Waals surface area (Å²) >= 11 is 0. The largest absolute Gasteiger partial charge is 0.465 e. The van der Waals surface area contributed by atoms with Crippen LogP contribution in [0.3, 0.4) is 0 Å². The molecule has 0 atom stereocenters. The van der Waals surface area contributed by atoms with Crippen LogP contribution in [0.15, 0.2) is 65.5 Å². The molecule has 4 heterocycles. The van der Waals surface area contributed by atoms with E-state index in [1.165, 1.54) is 0 Å². The number of aromatic nitrogens is 3. The van der Waals surface area contributed by atoms with Crippen molar-refractivity contribution in [2.45, 2.75) is 0 Å². The van der Waals surface area contributed by atoms with Crippen LogP contribution >= 0.6 is 0 Å². The Hall–Kier alpha value is -3.48. The predicted molar refractivity (Wildman–Crippen MR) is 102 cm³/mol. The standard InChI is InChI=1S/C20H19N5O2/c26-20(8-5-17-4-2-14-27-17)25-12-10-24(11-13-25)19-7-6-18(22-23-19)16-3-1-9-21-15-16/h1-9,14-15H,10-13H2/b8-5+. The van der Waals surface area contributed by atoms with Crippen LogP contribution in [-0.4, -0.2) is 52.2 Å². The lowest BCUT2D eigenvalue weighted by Crippen LogP contribution is -2.48. The van der Waals surface area contributed by atoms with Crippen LogP contribution in [0, 0.1) is 0 Å². The Morgan fingerprint density at radius 2 is 1.93 bits per heavy atom. The highest BCUT2D eigenvalue weighted by molar-refractivity contribution is 5.91. The van der Waals surface area contributed by atoms with Crippen molar-refractivity contribution in [1.29, 1.82) is 0 Å². The van der Waals surface area contributed by atoms with Gasteiger partial charge in [0.25, 0.3) is 0 Å². The first-order chi connectivity index (χ1) is 13.3. The maximum atomic E-state index is 12.3. The van der Waals surface area contributed by atoms with Gasteiger partial charge in [0.2, 0.25) is 5.91 Å². The smallest absolute Gasteiger partial charge is 0.246 e. The van der Waals surface area contributed by atoms with E-state index in [4.69, 9.17) is 4.42 Å². The molecule has 7 heteroatoms. The monoisotopic (exact) mass is 361 g/mol. The van der Waals surface area contributed by atoms with Crippen LogP contribution < -0.4 is 4.90 Å². The van der Waals surface area contributed by atoms with Crippen molar-refractivity contribution >= 4 is 17.8 Å². The second kappa shape index (κ2) is 7.82. The lowest BCUT2D eigenvalue weighted by molar-refractivity contribution is -0.126. The summed E-state index contributed by atoms with van der Waals surface area (Å²) < 4.78 is 5.20. The van der Waals surface area contributed by atoms with Crippen LogP contribution in [0.4, 0.5) is 5.82 Å². The molecule has 4 rings (SSSR count). The first-order valence-electron chi connectivity index (χ1n) is 8.79. The summed E-state index contributed by atoms with van der Waals surface area (Å²) in [6, 6.07) is 11.4. The van der Waals surface area contributed by atoms with Crippen molar-refractivity contribution < 1.29 is 9.21 Å². The van der Waals surface area contributed by atoms with Crippen molar-refractivity contribution in [2.75, 3.05) is 31.1 Å². The highest BCUT2D eigenvalue weighted by Gasteiger charge is 2.20. The Morgan fingerprint density at radius 3 is 2.59 bits per heavy atom. The minimum atomic E-state index is -0.0101. The minimum absolute atomic E-state index is 0.0101. The molecular weight excluding hydrogens is 342 g/mol. The molecule has 1 amide bonds. The normalized spacial score (nSPS) is 14.7. The summed E-state index contributed by atoms with van der Waals surface area (Å²) in [5.41, 5.74) is 1.74. The topological polar surface area (TPSA) is 75.4 Å². The van der Waals surface area contributed by atoms with Gasteiger partial charge in [-0.15, -0.1) is 10.2 Å². The molecule has 0 spiro atoms. The third-order valence-electron chi connectivity index (χ3n) is 4.46. The Labute approximate surface area is 157 Å². The van der Waals surface area contributed by atoms with Gasteiger partial charge in [-0.1, -0.05) is 0 Å². The van der Waals surface area contributed by atoms with Gasteiger partial charge in [-0.3, -0.25) is 9.78 Å². The summed E-state index contributed by atoms with van der Waals surface area (Å²) in [5.74, 6) is 1.48. The van der Waals surface area contributed by atoms with Gasteiger partial charge >= 0.3 is 0 Å². The SMILES string of the molecule is O=C(/C=C/c1ccco1)N1CCN(c2ccc(-c3cccnc3)nn2)CC1. The molecule has 1 aliphatic rings. The first-order valence-corrected chi connectivity index (χ1v) is 8.79. The molecule has 3 aromatic rings. The zero-order valence-corrected chi connectivity index (χ0v) is 14.7. The second-order valence-corrected chi connectivity index (χ2v) is 6.18. The molecule has 1 fully saturated rings. The Kier molecular flexibility index (Phi) is 4.91. The van der Waals surface area contributed by atoms with E-state index in [0.717, 1.165) is 30.2 Å². The van der Waals surface area contributed by atoms with E-state index < -0.39 is 0 Å². The summed E-state index contributed by atoms with van der Waals surface area (Å²) in [4.78, 5) is 20.4. The number of carbonyl (C=O) groups is 1. The molecule has 136 valence electrons. The van der Waals surface area contributed by atoms with Crippen molar-refractivity contribution in [3.63, 3.8) is 0 Å². The summed E-state index contributed by atoms with van der Waals surface area (Å²) in [5, 5.41) is 8.64. The first kappa shape index (κ1) is 17.0. The number of anilines is 1. The number of piperazine rings is 1. The van der Waals surface area contributed by atoms with Gasteiger partial charge in [-0.25, -0.2) is 0 Å². The summed E-state index contributed by atoms with van der Waals surface area (Å²) in [6.45, 7) is 2.74. The van der Waals surface area contributed by atoms with Gasteiger partial charge in [0.1, 0.15) is 5.76 Å². The van der Waals surface area contributed by atoms with Crippen LogP contribution in [0.2, 0.25) is 0 Å². The van der Waals surface area contributed by atoms with E-state index in [9.17, 15) is 4.79 Å². The number of pyridine rings is 1. The van der Waals surface area contributed by atoms with Crippen molar-refractivity contribution in [3.8, 4) is 11.3 Å². The molecule has 27 heavy (non-hydrogen) atoms. The zero-order chi connectivity index (χ0) is 18.5. The number of carbonyl (C=O) groups excluding carboxylic acids is 1. The number of hydrogen-bond donors (Lipinski definition) is 0. The lowest BCUT2D eigenvalue weighted by Gasteiger charge is -2.34. The van der Waals surface area contributed by atoms with Gasteiger partial charge in [-0.05, 0) is 42.5 Å². The van der Waals surface area contributed by atoms with E-state index in [-0.39, 0.29) is 5.91 Å². The summed E-state index contributed by atoms with van der Waals surface area (Å²) in [6.07, 6.45) is 8.33. The third kappa shape index (κ3) is 4.03. The number of rotatable bonds is 4. The maximum Gasteiger partial charge on any atom is 0.246 e. The average molecular weight is 361 g/mol. The number of nitrogens with zero attached hydrogens (tertiary/aromatic N) is 5. The molecule has 0 aromatic carbocycles. The van der Waals surface area contributed by atoms with E-state index in [0.29, 0.717) is 18.8 Å². The van der Waals surface area contributed by atoms with Gasteiger partial charge in [0.05, 0.1) is 12.0 Å². The average Bonchev–Trinajstić information content (AvgIpc) is 3.27.